The first-order valence-corrected chi connectivity index (χ1v) is 14.1. The standard InChI is InChI=1S/C30H25N9OS/c1-16-15-41-30(35-16)24-10-9-23-28(37-24)39(27(36-23)21-4-3-11-34-26(21)31)19-6-7-20-18(14-19)5-8-22(20)38-29(40)25-17(2)32-12-13-33-25/h3-4,6-7,9-15,22H,5,8H2,1-2H3,(H2,31,34)(H,38,40)/t22-/m0/s1. The Hall–Kier alpha value is -5.03. The maximum atomic E-state index is 13.0. The van der Waals surface area contributed by atoms with Crippen molar-refractivity contribution in [2.24, 2.45) is 0 Å². The van der Waals surface area contributed by atoms with Gasteiger partial charge in [-0.1, -0.05) is 6.07 Å². The molecule has 202 valence electrons. The van der Waals surface area contributed by atoms with Crippen molar-refractivity contribution in [2.75, 3.05) is 5.73 Å². The highest BCUT2D eigenvalue weighted by Gasteiger charge is 2.27. The number of anilines is 1. The first-order chi connectivity index (χ1) is 20.0. The van der Waals surface area contributed by atoms with Crippen molar-refractivity contribution in [1.82, 2.24) is 39.8 Å². The number of imidazole rings is 1. The second kappa shape index (κ2) is 9.86. The van der Waals surface area contributed by atoms with E-state index in [4.69, 9.17) is 15.7 Å². The molecule has 0 bridgehead atoms. The van der Waals surface area contributed by atoms with Gasteiger partial charge in [-0.3, -0.25) is 14.3 Å². The molecule has 1 aliphatic carbocycles. The van der Waals surface area contributed by atoms with Crippen LogP contribution >= 0.6 is 11.3 Å². The number of nitrogens with two attached hydrogens (primary N) is 1. The van der Waals surface area contributed by atoms with Crippen molar-refractivity contribution < 1.29 is 4.79 Å². The second-order valence-electron chi connectivity index (χ2n) is 9.98. The Morgan fingerprint density at radius 3 is 2.71 bits per heavy atom. The van der Waals surface area contributed by atoms with Crippen LogP contribution in [0, 0.1) is 13.8 Å². The molecule has 1 aromatic carbocycles. The predicted octanol–water partition coefficient (Wildman–Crippen LogP) is 5.01. The lowest BCUT2D eigenvalue weighted by Gasteiger charge is -2.16. The third kappa shape index (κ3) is 4.40. The number of benzene rings is 1. The highest BCUT2D eigenvalue weighted by Crippen LogP contribution is 2.36. The molecule has 5 heterocycles. The summed E-state index contributed by atoms with van der Waals surface area (Å²) in [5.74, 6) is 0.830. The van der Waals surface area contributed by atoms with Crippen LogP contribution in [0.4, 0.5) is 5.82 Å². The molecule has 1 atom stereocenters. The van der Waals surface area contributed by atoms with Gasteiger partial charge in [-0.15, -0.1) is 11.3 Å². The number of aryl methyl sites for hydroxylation is 3. The van der Waals surface area contributed by atoms with Crippen molar-refractivity contribution in [3.63, 3.8) is 0 Å². The smallest absolute Gasteiger partial charge is 0.272 e. The fourth-order valence-electron chi connectivity index (χ4n) is 5.33. The summed E-state index contributed by atoms with van der Waals surface area (Å²) in [6.07, 6.45) is 6.40. The number of carbonyl (C=O) groups is 1. The number of hydrogen-bond acceptors (Lipinski definition) is 9. The Kier molecular flexibility index (Phi) is 6.01. The number of nitrogens with one attached hydrogen (secondary N) is 1. The first-order valence-electron chi connectivity index (χ1n) is 13.2. The van der Waals surface area contributed by atoms with E-state index in [1.807, 2.05) is 47.2 Å². The Bertz CT molecular complexity index is 1960. The number of amides is 1. The molecule has 0 fully saturated rings. The number of hydrogen-bond donors (Lipinski definition) is 2. The van der Waals surface area contributed by atoms with Crippen molar-refractivity contribution in [3.05, 3.63) is 94.6 Å². The largest absolute Gasteiger partial charge is 0.383 e. The van der Waals surface area contributed by atoms with Crippen molar-refractivity contribution in [2.45, 2.75) is 32.7 Å². The number of thiazole rings is 1. The second-order valence-corrected chi connectivity index (χ2v) is 10.8. The maximum Gasteiger partial charge on any atom is 0.272 e. The molecule has 1 aliphatic rings. The monoisotopic (exact) mass is 559 g/mol. The van der Waals surface area contributed by atoms with Gasteiger partial charge in [0.1, 0.15) is 27.7 Å². The van der Waals surface area contributed by atoms with Gasteiger partial charge in [-0.2, -0.15) is 0 Å². The molecule has 0 aliphatic heterocycles. The number of fused-ring (bicyclic) bond motifs is 2. The van der Waals surface area contributed by atoms with Crippen LogP contribution in [-0.2, 0) is 6.42 Å². The molecule has 11 heteroatoms. The van der Waals surface area contributed by atoms with E-state index in [1.54, 1.807) is 30.7 Å². The zero-order chi connectivity index (χ0) is 28.1. The third-order valence-electron chi connectivity index (χ3n) is 7.29. The van der Waals surface area contributed by atoms with Gasteiger partial charge < -0.3 is 11.1 Å². The van der Waals surface area contributed by atoms with Gasteiger partial charge in [0.15, 0.2) is 11.5 Å². The number of rotatable bonds is 5. The quantitative estimate of drug-likeness (QED) is 0.301. The van der Waals surface area contributed by atoms with Gasteiger partial charge in [0.05, 0.1) is 17.3 Å². The lowest BCUT2D eigenvalue weighted by atomic mass is 10.1. The zero-order valence-corrected chi connectivity index (χ0v) is 23.2. The Balaban J connectivity index is 1.32. The zero-order valence-electron chi connectivity index (χ0n) is 22.4. The Morgan fingerprint density at radius 1 is 1.02 bits per heavy atom. The summed E-state index contributed by atoms with van der Waals surface area (Å²) in [5.41, 5.74) is 14.3. The average Bonchev–Trinajstić information content (AvgIpc) is 3.69. The summed E-state index contributed by atoms with van der Waals surface area (Å²) in [6.45, 7) is 3.76. The normalized spacial score (nSPS) is 14.3. The van der Waals surface area contributed by atoms with Gasteiger partial charge in [-0.25, -0.2) is 24.9 Å². The van der Waals surface area contributed by atoms with Gasteiger partial charge in [0.2, 0.25) is 0 Å². The molecule has 0 saturated carbocycles. The molecule has 0 saturated heterocycles. The van der Waals surface area contributed by atoms with Crippen LogP contribution in [0.3, 0.4) is 0 Å². The molecular formula is C30H25N9OS. The highest BCUT2D eigenvalue weighted by atomic mass is 32.1. The minimum atomic E-state index is -0.221. The summed E-state index contributed by atoms with van der Waals surface area (Å²) >= 11 is 1.56. The predicted molar refractivity (Wildman–Crippen MR) is 158 cm³/mol. The van der Waals surface area contributed by atoms with E-state index in [-0.39, 0.29) is 11.9 Å². The van der Waals surface area contributed by atoms with Gasteiger partial charge in [-0.05, 0) is 74.2 Å². The van der Waals surface area contributed by atoms with Crippen LogP contribution in [0.2, 0.25) is 0 Å². The number of nitrogen functional groups attached to an aromatic ring is 1. The van der Waals surface area contributed by atoms with Gasteiger partial charge in [0, 0.05) is 35.4 Å². The molecule has 10 nitrogen and oxygen atoms in total. The lowest BCUT2D eigenvalue weighted by molar-refractivity contribution is 0.0930. The third-order valence-corrected chi connectivity index (χ3v) is 8.27. The van der Waals surface area contributed by atoms with Crippen LogP contribution in [0.1, 0.15) is 45.5 Å². The molecule has 41 heavy (non-hydrogen) atoms. The first kappa shape index (κ1) is 25.0. The number of nitrogens with zero attached hydrogens (tertiary/aromatic N) is 7. The minimum Gasteiger partial charge on any atom is -0.383 e. The fraction of sp³-hybridized carbons (Fsp3) is 0.167. The highest BCUT2D eigenvalue weighted by molar-refractivity contribution is 7.13. The average molecular weight is 560 g/mol. The molecule has 5 aromatic heterocycles. The van der Waals surface area contributed by atoms with E-state index in [0.717, 1.165) is 57.1 Å². The number of carbonyl (C=O) groups excluding carboxylic acids is 1. The van der Waals surface area contributed by atoms with Crippen LogP contribution in [0.15, 0.2) is 66.4 Å². The van der Waals surface area contributed by atoms with E-state index >= 15 is 0 Å². The molecule has 6 aromatic rings. The number of aromatic nitrogens is 7. The van der Waals surface area contributed by atoms with E-state index in [2.05, 4.69) is 37.4 Å². The molecular weight excluding hydrogens is 534 g/mol. The van der Waals surface area contributed by atoms with E-state index < -0.39 is 0 Å². The molecule has 1 amide bonds. The van der Waals surface area contributed by atoms with Gasteiger partial charge in [0.25, 0.3) is 5.91 Å². The minimum absolute atomic E-state index is 0.112. The molecule has 3 N–H and O–H groups in total. The Morgan fingerprint density at radius 2 is 1.90 bits per heavy atom. The molecule has 7 rings (SSSR count). The van der Waals surface area contributed by atoms with Gasteiger partial charge >= 0.3 is 0 Å². The SMILES string of the molecule is Cc1csc(-c2ccc3nc(-c4cccnc4N)n(-c4ccc5c(c4)CC[C@@H]5NC(=O)c4nccnc4C)c3n2)n1. The molecule has 0 spiro atoms. The van der Waals surface area contributed by atoms with Crippen LogP contribution < -0.4 is 11.1 Å². The van der Waals surface area contributed by atoms with Crippen molar-refractivity contribution >= 4 is 34.2 Å². The van der Waals surface area contributed by atoms with E-state index in [1.165, 1.54) is 6.20 Å². The maximum absolute atomic E-state index is 13.0. The summed E-state index contributed by atoms with van der Waals surface area (Å²) < 4.78 is 2.03. The Labute approximate surface area is 239 Å². The summed E-state index contributed by atoms with van der Waals surface area (Å²) in [6, 6.07) is 13.8. The molecule has 0 radical (unpaired) electrons. The fourth-order valence-corrected chi connectivity index (χ4v) is 6.10. The van der Waals surface area contributed by atoms with E-state index in [9.17, 15) is 4.79 Å². The van der Waals surface area contributed by atoms with Crippen molar-refractivity contribution in [3.8, 4) is 27.8 Å². The van der Waals surface area contributed by atoms with Crippen LogP contribution in [-0.4, -0.2) is 40.4 Å². The van der Waals surface area contributed by atoms with E-state index in [0.29, 0.717) is 28.7 Å². The summed E-state index contributed by atoms with van der Waals surface area (Å²) in [4.78, 5) is 40.3. The summed E-state index contributed by atoms with van der Waals surface area (Å²) in [5, 5.41) is 6.01. The number of pyridine rings is 2. The van der Waals surface area contributed by atoms with Crippen LogP contribution in [0.25, 0.3) is 38.9 Å². The topological polar surface area (TPSA) is 137 Å². The lowest BCUT2D eigenvalue weighted by Crippen LogP contribution is -2.28. The molecule has 0 unspecified atom stereocenters. The van der Waals surface area contributed by atoms with Crippen molar-refractivity contribution in [1.29, 1.82) is 0 Å². The summed E-state index contributed by atoms with van der Waals surface area (Å²) in [7, 11) is 0. The van der Waals surface area contributed by atoms with Crippen LogP contribution in [0.5, 0.6) is 0 Å².